The van der Waals surface area contributed by atoms with Crippen LogP contribution in [-0.4, -0.2) is 24.8 Å². The second-order valence-electron chi connectivity index (χ2n) is 6.07. The molecule has 11 heteroatoms. The van der Waals surface area contributed by atoms with Gasteiger partial charge in [0.1, 0.15) is 5.75 Å². The molecule has 0 aliphatic heterocycles. The van der Waals surface area contributed by atoms with E-state index in [0.717, 1.165) is 0 Å². The Balaban J connectivity index is 1.55. The largest absolute Gasteiger partial charge is 0.428 e. The number of hydrogen-bond donors (Lipinski definition) is 1. The van der Waals surface area contributed by atoms with Crippen molar-refractivity contribution in [1.29, 1.82) is 0 Å². The lowest BCUT2D eigenvalue weighted by Gasteiger charge is -2.03. The third-order valence-electron chi connectivity index (χ3n) is 3.76. The summed E-state index contributed by atoms with van der Waals surface area (Å²) in [6.07, 6.45) is 0. The average Bonchev–Trinajstić information content (AvgIpc) is 3.25. The van der Waals surface area contributed by atoms with Gasteiger partial charge in [-0.05, 0) is 50.2 Å². The highest BCUT2D eigenvalue weighted by molar-refractivity contribution is 7.93. The summed E-state index contributed by atoms with van der Waals surface area (Å²) in [6.45, 7) is 3.30. The maximum absolute atomic E-state index is 12.1. The Morgan fingerprint density at radius 2 is 1.42 bits per heavy atom. The summed E-state index contributed by atoms with van der Waals surface area (Å²) >= 11 is 0.679. The first-order valence-corrected chi connectivity index (χ1v) is 11.0. The molecule has 0 saturated heterocycles. The van der Waals surface area contributed by atoms with Crippen molar-refractivity contribution in [1.82, 2.24) is 4.98 Å². The van der Waals surface area contributed by atoms with Crippen LogP contribution < -0.4 is 9.07 Å². The number of para-hydroxylation sites is 2. The molecule has 162 valence electrons. The Hall–Kier alpha value is -3.12. The second kappa shape index (κ2) is 10.8. The summed E-state index contributed by atoms with van der Waals surface area (Å²) in [5.41, 5.74) is 1.96. The molecule has 0 aliphatic carbocycles. The van der Waals surface area contributed by atoms with Crippen molar-refractivity contribution in [3.8, 4) is 11.5 Å². The minimum Gasteiger partial charge on any atom is -0.366 e. The molecule has 3 aromatic rings. The molecule has 3 rings (SSSR count). The average molecular weight is 462 g/mol. The van der Waals surface area contributed by atoms with Crippen molar-refractivity contribution in [2.45, 2.75) is 13.8 Å². The van der Waals surface area contributed by atoms with Crippen LogP contribution in [0.3, 0.4) is 0 Å². The zero-order chi connectivity index (χ0) is 22.1. The predicted molar refractivity (Wildman–Crippen MR) is 118 cm³/mol. The van der Waals surface area contributed by atoms with E-state index in [9.17, 15) is 8.42 Å². The lowest BCUT2D eigenvalue weighted by atomic mass is 10.3. The number of aromatic amines is 1. The number of H-pyrrole nitrogens is 1. The van der Waals surface area contributed by atoms with Gasteiger partial charge in [0, 0.05) is 5.04 Å². The van der Waals surface area contributed by atoms with Gasteiger partial charge in [0.05, 0.1) is 22.8 Å². The summed E-state index contributed by atoms with van der Waals surface area (Å²) in [7, 11) is -4.15. The molecule has 0 spiro atoms. The highest BCUT2D eigenvalue weighted by Crippen LogP contribution is 2.15. The Morgan fingerprint density at radius 3 is 2.06 bits per heavy atom. The van der Waals surface area contributed by atoms with E-state index in [1.54, 1.807) is 68.4 Å². The van der Waals surface area contributed by atoms with Crippen LogP contribution in [0.15, 0.2) is 81.6 Å². The van der Waals surface area contributed by atoms with Crippen molar-refractivity contribution in [3.63, 3.8) is 0 Å². The van der Waals surface area contributed by atoms with Gasteiger partial charge in [-0.2, -0.15) is 12.8 Å². The van der Waals surface area contributed by atoms with Crippen LogP contribution >= 0.6 is 12.2 Å². The smallest absolute Gasteiger partial charge is 0.366 e. The third kappa shape index (κ3) is 7.26. The van der Waals surface area contributed by atoms with Gasteiger partial charge in [0.2, 0.25) is 0 Å². The Labute approximate surface area is 184 Å². The van der Waals surface area contributed by atoms with E-state index < -0.39 is 10.3 Å². The van der Waals surface area contributed by atoms with E-state index in [1.807, 2.05) is 6.07 Å². The fourth-order valence-corrected chi connectivity index (χ4v) is 3.43. The van der Waals surface area contributed by atoms with E-state index in [-0.39, 0.29) is 11.5 Å². The van der Waals surface area contributed by atoms with Gasteiger partial charge in [0.25, 0.3) is 0 Å². The third-order valence-corrected chi connectivity index (χ3v) is 5.13. The van der Waals surface area contributed by atoms with Gasteiger partial charge in [-0.1, -0.05) is 40.7 Å². The Bertz CT molecular complexity index is 1150. The maximum Gasteiger partial charge on any atom is 0.428 e. The molecule has 0 amide bonds. The lowest BCUT2D eigenvalue weighted by Crippen LogP contribution is -2.09. The number of aromatic nitrogens is 1. The highest BCUT2D eigenvalue weighted by Gasteiger charge is 2.13. The van der Waals surface area contributed by atoms with Gasteiger partial charge in [-0.25, -0.2) is 0 Å². The number of rotatable bonds is 10. The fraction of sp³-hybridized carbons (Fsp3) is 0.100. The van der Waals surface area contributed by atoms with Gasteiger partial charge >= 0.3 is 10.3 Å². The van der Waals surface area contributed by atoms with E-state index in [1.165, 1.54) is 12.1 Å². The minimum absolute atomic E-state index is 0.185. The molecule has 31 heavy (non-hydrogen) atoms. The second-order valence-corrected chi connectivity index (χ2v) is 7.74. The van der Waals surface area contributed by atoms with Gasteiger partial charge in [0.15, 0.2) is 18.0 Å². The van der Waals surface area contributed by atoms with Crippen molar-refractivity contribution in [3.05, 3.63) is 84.2 Å². The van der Waals surface area contributed by atoms with Crippen molar-refractivity contribution in [2.75, 3.05) is 0 Å². The topological polar surface area (TPSA) is 112 Å². The van der Waals surface area contributed by atoms with E-state index >= 15 is 0 Å². The molecule has 0 atom stereocenters. The minimum atomic E-state index is -4.15. The lowest BCUT2D eigenvalue weighted by molar-refractivity contribution is -0.403. The molecule has 0 bridgehead atoms. The fourth-order valence-electron chi connectivity index (χ4n) is 2.31. The molecular weight excluding hydrogens is 442 g/mol. The standard InChI is InChI=1S/C20H19N3O6S2/c1-15(22-30-29-28-26-17-9-5-3-6-10-17)19-13-14-20(21-19)16(2)23-31(24,25)27-18-11-7-4-8-12-18/h3-14,21H,1-2H3/b22-15?,23-16+. The normalized spacial score (nSPS) is 12.6. The summed E-state index contributed by atoms with van der Waals surface area (Å²) in [4.78, 5) is 7.96. The van der Waals surface area contributed by atoms with E-state index in [0.29, 0.717) is 35.1 Å². The molecule has 1 N–H and O–H groups in total. The van der Waals surface area contributed by atoms with Crippen LogP contribution in [0.1, 0.15) is 25.2 Å². The maximum atomic E-state index is 12.1. The van der Waals surface area contributed by atoms with Crippen LogP contribution in [0.2, 0.25) is 0 Å². The zero-order valence-corrected chi connectivity index (χ0v) is 18.2. The van der Waals surface area contributed by atoms with Crippen molar-refractivity contribution < 1.29 is 26.9 Å². The SMILES string of the molecule is CC(=NSOOOc1ccccc1)c1ccc(/C(C)=N/S(=O)(=O)Oc2ccccc2)[nH]1. The quantitative estimate of drug-likeness (QED) is 0.118. The highest BCUT2D eigenvalue weighted by atomic mass is 32.2. The molecule has 2 aromatic carbocycles. The Morgan fingerprint density at radius 1 is 0.839 bits per heavy atom. The number of hydrogen-bond acceptors (Lipinski definition) is 8. The van der Waals surface area contributed by atoms with Crippen molar-refractivity contribution in [2.24, 2.45) is 8.80 Å². The Kier molecular flexibility index (Phi) is 7.84. The summed E-state index contributed by atoms with van der Waals surface area (Å²) in [5.74, 6) is 0.670. The molecular formula is C20H19N3O6S2. The first kappa shape index (κ1) is 22.6. The van der Waals surface area contributed by atoms with Crippen LogP contribution in [0.25, 0.3) is 0 Å². The van der Waals surface area contributed by atoms with Gasteiger partial charge < -0.3 is 14.1 Å². The van der Waals surface area contributed by atoms with Crippen LogP contribution in [0, 0.1) is 0 Å². The molecule has 0 aliphatic rings. The van der Waals surface area contributed by atoms with Crippen LogP contribution in [-0.2, 0) is 19.7 Å². The summed E-state index contributed by atoms with van der Waals surface area (Å²) in [6, 6.07) is 20.4. The summed E-state index contributed by atoms with van der Waals surface area (Å²) in [5, 5.41) is 4.60. The van der Waals surface area contributed by atoms with Crippen LogP contribution in [0.5, 0.6) is 11.5 Å². The molecule has 0 fully saturated rings. The monoisotopic (exact) mass is 461 g/mol. The zero-order valence-electron chi connectivity index (χ0n) is 16.6. The van der Waals surface area contributed by atoms with Gasteiger partial charge in [-0.3, -0.25) is 0 Å². The van der Waals surface area contributed by atoms with Crippen LogP contribution in [0.4, 0.5) is 0 Å². The molecule has 1 heterocycles. The predicted octanol–water partition coefficient (Wildman–Crippen LogP) is 4.46. The molecule has 0 radical (unpaired) electrons. The summed E-state index contributed by atoms with van der Waals surface area (Å²) < 4.78 is 41.8. The molecule has 9 nitrogen and oxygen atoms in total. The molecule has 0 unspecified atom stereocenters. The molecule has 1 aromatic heterocycles. The van der Waals surface area contributed by atoms with Crippen molar-refractivity contribution >= 4 is 34.0 Å². The first-order chi connectivity index (χ1) is 14.9. The number of nitrogens with zero attached hydrogens (tertiary/aromatic N) is 2. The number of benzene rings is 2. The van der Waals surface area contributed by atoms with Gasteiger partial charge in [-0.15, -0.1) is 4.40 Å². The van der Waals surface area contributed by atoms with E-state index in [2.05, 4.69) is 18.8 Å². The molecule has 0 saturated carbocycles. The van der Waals surface area contributed by atoms with E-state index in [4.69, 9.17) is 13.4 Å². The number of nitrogens with one attached hydrogen (secondary N) is 1. The first-order valence-electron chi connectivity index (χ1n) is 8.95.